The third-order valence-electron chi connectivity index (χ3n) is 2.16. The summed E-state index contributed by atoms with van der Waals surface area (Å²) >= 11 is 0. The Morgan fingerprint density at radius 1 is 1.62 bits per heavy atom. The van der Waals surface area contributed by atoms with Gasteiger partial charge in [-0.2, -0.15) is 10.4 Å². The molecule has 0 unspecified atom stereocenters. The Balaban J connectivity index is 2.37. The van der Waals surface area contributed by atoms with Gasteiger partial charge in [-0.1, -0.05) is 12.1 Å². The Hall–Kier alpha value is -2.35. The van der Waals surface area contributed by atoms with Crippen molar-refractivity contribution in [1.82, 2.24) is 9.78 Å². The molecular weight excluding hydrogens is 204 g/mol. The zero-order valence-corrected chi connectivity index (χ0v) is 8.77. The topological polar surface area (TPSA) is 70.7 Å². The minimum Gasteiger partial charge on any atom is -0.323 e. The maximum Gasteiger partial charge on any atom is 0.238 e. The number of aromatic nitrogens is 2. The fraction of sp³-hybridized carbons (Fsp3) is 0.182. The summed E-state index contributed by atoms with van der Waals surface area (Å²) in [5, 5.41) is 16.3. The molecule has 1 heterocycles. The van der Waals surface area contributed by atoms with E-state index in [0.29, 0.717) is 5.69 Å². The number of fused-ring (bicyclic) bond motifs is 1. The second-order valence-electron chi connectivity index (χ2n) is 3.43. The summed E-state index contributed by atoms with van der Waals surface area (Å²) in [6, 6.07) is 7.33. The molecule has 16 heavy (non-hydrogen) atoms. The third-order valence-corrected chi connectivity index (χ3v) is 2.16. The summed E-state index contributed by atoms with van der Waals surface area (Å²) in [5.41, 5.74) is 1.37. The van der Waals surface area contributed by atoms with E-state index in [1.165, 1.54) is 0 Å². The van der Waals surface area contributed by atoms with E-state index in [2.05, 4.69) is 10.4 Å². The van der Waals surface area contributed by atoms with E-state index in [9.17, 15) is 4.79 Å². The fourth-order valence-corrected chi connectivity index (χ4v) is 1.53. The number of carbonyl (C=O) groups is 1. The Morgan fingerprint density at radius 2 is 2.44 bits per heavy atom. The summed E-state index contributed by atoms with van der Waals surface area (Å²) < 4.78 is 1.69. The summed E-state index contributed by atoms with van der Waals surface area (Å²) in [5.74, 6) is -0.319. The zero-order valence-electron chi connectivity index (χ0n) is 8.77. The molecule has 0 saturated carbocycles. The lowest BCUT2D eigenvalue weighted by Gasteiger charge is -2.02. The van der Waals surface area contributed by atoms with Crippen molar-refractivity contribution in [2.24, 2.45) is 7.05 Å². The van der Waals surface area contributed by atoms with Crippen molar-refractivity contribution in [3.63, 3.8) is 0 Å². The molecule has 0 saturated heterocycles. The number of benzene rings is 1. The van der Waals surface area contributed by atoms with Gasteiger partial charge in [0.15, 0.2) is 0 Å². The number of rotatable bonds is 2. The van der Waals surface area contributed by atoms with Crippen LogP contribution in [0.1, 0.15) is 6.42 Å². The van der Waals surface area contributed by atoms with Gasteiger partial charge in [0.25, 0.3) is 0 Å². The maximum absolute atomic E-state index is 11.3. The number of nitriles is 1. The zero-order chi connectivity index (χ0) is 11.5. The first kappa shape index (κ1) is 10.2. The van der Waals surface area contributed by atoms with E-state index in [4.69, 9.17) is 5.26 Å². The molecule has 2 aromatic rings. The smallest absolute Gasteiger partial charge is 0.238 e. The molecular formula is C11H10N4O. The van der Waals surface area contributed by atoms with E-state index in [1.807, 2.05) is 25.4 Å². The third kappa shape index (κ3) is 1.86. The van der Waals surface area contributed by atoms with Crippen molar-refractivity contribution >= 4 is 22.5 Å². The molecule has 0 bridgehead atoms. The van der Waals surface area contributed by atoms with Crippen LogP contribution in [-0.4, -0.2) is 15.7 Å². The van der Waals surface area contributed by atoms with Crippen LogP contribution < -0.4 is 5.32 Å². The quantitative estimate of drug-likeness (QED) is 0.821. The second kappa shape index (κ2) is 4.03. The van der Waals surface area contributed by atoms with Crippen molar-refractivity contribution in [3.05, 3.63) is 24.4 Å². The minimum absolute atomic E-state index is 0.150. The monoisotopic (exact) mass is 214 g/mol. The van der Waals surface area contributed by atoms with Crippen molar-refractivity contribution in [2.45, 2.75) is 6.42 Å². The molecule has 1 amide bonds. The summed E-state index contributed by atoms with van der Waals surface area (Å²) in [6.45, 7) is 0. The molecule has 0 spiro atoms. The molecule has 1 aromatic carbocycles. The average Bonchev–Trinajstić information content (AvgIpc) is 2.60. The molecule has 1 N–H and O–H groups in total. The number of nitrogens with one attached hydrogen (secondary N) is 1. The van der Waals surface area contributed by atoms with Crippen LogP contribution in [-0.2, 0) is 11.8 Å². The summed E-state index contributed by atoms with van der Waals surface area (Å²) in [6.07, 6.45) is 1.72. The van der Waals surface area contributed by atoms with E-state index in [1.54, 1.807) is 16.8 Å². The molecule has 0 fully saturated rings. The van der Waals surface area contributed by atoms with Crippen molar-refractivity contribution < 1.29 is 4.79 Å². The second-order valence-corrected chi connectivity index (χ2v) is 3.43. The fourth-order valence-electron chi connectivity index (χ4n) is 1.53. The first-order valence-corrected chi connectivity index (χ1v) is 4.80. The van der Waals surface area contributed by atoms with Crippen LogP contribution in [0.2, 0.25) is 0 Å². The van der Waals surface area contributed by atoms with E-state index in [-0.39, 0.29) is 12.3 Å². The van der Waals surface area contributed by atoms with Gasteiger partial charge in [-0.15, -0.1) is 0 Å². The Kier molecular flexibility index (Phi) is 2.56. The highest BCUT2D eigenvalue weighted by molar-refractivity contribution is 6.00. The van der Waals surface area contributed by atoms with Crippen LogP contribution in [0.3, 0.4) is 0 Å². The largest absolute Gasteiger partial charge is 0.323 e. The summed E-state index contributed by atoms with van der Waals surface area (Å²) in [7, 11) is 1.82. The molecule has 0 aliphatic carbocycles. The highest BCUT2D eigenvalue weighted by atomic mass is 16.1. The van der Waals surface area contributed by atoms with Crippen molar-refractivity contribution in [2.75, 3.05) is 5.32 Å². The van der Waals surface area contributed by atoms with Gasteiger partial charge in [0.1, 0.15) is 11.9 Å². The molecule has 0 atom stereocenters. The molecule has 0 aliphatic rings. The van der Waals surface area contributed by atoms with Gasteiger partial charge in [0, 0.05) is 18.6 Å². The SMILES string of the molecule is Cn1cc2cccc(NC(=O)CC#N)c2n1. The highest BCUT2D eigenvalue weighted by Crippen LogP contribution is 2.21. The molecule has 1 aromatic heterocycles. The normalized spacial score (nSPS) is 10.0. The Bertz CT molecular complexity index is 579. The van der Waals surface area contributed by atoms with Gasteiger partial charge in [0.2, 0.25) is 5.91 Å². The van der Waals surface area contributed by atoms with Gasteiger partial charge < -0.3 is 5.32 Å². The molecule has 80 valence electrons. The van der Waals surface area contributed by atoms with E-state index >= 15 is 0 Å². The number of amides is 1. The Labute approximate surface area is 92.3 Å². The molecule has 2 rings (SSSR count). The van der Waals surface area contributed by atoms with Gasteiger partial charge in [-0.3, -0.25) is 9.48 Å². The standard InChI is InChI=1S/C11H10N4O/c1-15-7-8-3-2-4-9(11(8)14-15)13-10(16)5-6-12/h2-4,7H,5H2,1H3,(H,13,16). The van der Waals surface area contributed by atoms with Gasteiger partial charge in [-0.25, -0.2) is 0 Å². The maximum atomic E-state index is 11.3. The predicted octanol–water partition coefficient (Wildman–Crippen LogP) is 1.43. The highest BCUT2D eigenvalue weighted by Gasteiger charge is 2.07. The summed E-state index contributed by atoms with van der Waals surface area (Å²) in [4.78, 5) is 11.3. The lowest BCUT2D eigenvalue weighted by atomic mass is 10.2. The number of anilines is 1. The van der Waals surface area contributed by atoms with E-state index < -0.39 is 0 Å². The molecule has 0 aliphatic heterocycles. The number of aryl methyl sites for hydroxylation is 1. The van der Waals surface area contributed by atoms with Crippen molar-refractivity contribution in [3.8, 4) is 6.07 Å². The minimum atomic E-state index is -0.319. The lowest BCUT2D eigenvalue weighted by Crippen LogP contribution is -2.10. The first-order chi connectivity index (χ1) is 7.70. The van der Waals surface area contributed by atoms with Gasteiger partial charge in [0.05, 0.1) is 11.8 Å². The van der Waals surface area contributed by atoms with Crippen LogP contribution in [0, 0.1) is 11.3 Å². The van der Waals surface area contributed by atoms with Crippen LogP contribution >= 0.6 is 0 Å². The lowest BCUT2D eigenvalue weighted by molar-refractivity contribution is -0.115. The number of hydrogen-bond acceptors (Lipinski definition) is 3. The number of nitrogens with zero attached hydrogens (tertiary/aromatic N) is 3. The number of carbonyl (C=O) groups excluding carboxylic acids is 1. The van der Waals surface area contributed by atoms with Gasteiger partial charge >= 0.3 is 0 Å². The van der Waals surface area contributed by atoms with Crippen LogP contribution in [0.25, 0.3) is 10.9 Å². The first-order valence-electron chi connectivity index (χ1n) is 4.80. The molecule has 0 radical (unpaired) electrons. The van der Waals surface area contributed by atoms with Crippen LogP contribution in [0.4, 0.5) is 5.69 Å². The Morgan fingerprint density at radius 3 is 3.19 bits per heavy atom. The molecule has 5 heteroatoms. The predicted molar refractivity (Wildman–Crippen MR) is 59.6 cm³/mol. The number of hydrogen-bond donors (Lipinski definition) is 1. The molecule has 5 nitrogen and oxygen atoms in total. The van der Waals surface area contributed by atoms with Crippen LogP contribution in [0.5, 0.6) is 0 Å². The van der Waals surface area contributed by atoms with Crippen LogP contribution in [0.15, 0.2) is 24.4 Å². The van der Waals surface area contributed by atoms with E-state index in [0.717, 1.165) is 10.9 Å². The van der Waals surface area contributed by atoms with Gasteiger partial charge in [-0.05, 0) is 6.07 Å². The van der Waals surface area contributed by atoms with Crippen molar-refractivity contribution in [1.29, 1.82) is 5.26 Å². The average molecular weight is 214 g/mol.